The van der Waals surface area contributed by atoms with E-state index < -0.39 is 0 Å². The summed E-state index contributed by atoms with van der Waals surface area (Å²) in [5.41, 5.74) is 9.72. The molecular formula is C13H13BrN2. The van der Waals surface area contributed by atoms with Crippen LogP contribution in [0.2, 0.25) is 0 Å². The smallest absolute Gasteiger partial charge is 0.0395 e. The second-order valence-corrected chi connectivity index (χ2v) is 4.57. The molecule has 2 nitrogen and oxygen atoms in total. The van der Waals surface area contributed by atoms with Crippen molar-refractivity contribution >= 4 is 33.0 Å². The Morgan fingerprint density at radius 2 is 1.62 bits per heavy atom. The summed E-state index contributed by atoms with van der Waals surface area (Å²) in [5.74, 6) is 0. The Hall–Kier alpha value is -1.48. The quantitative estimate of drug-likeness (QED) is 0.811. The van der Waals surface area contributed by atoms with Gasteiger partial charge in [-0.25, -0.2) is 0 Å². The zero-order valence-corrected chi connectivity index (χ0v) is 10.6. The lowest BCUT2D eigenvalue weighted by Gasteiger charge is -2.08. The summed E-state index contributed by atoms with van der Waals surface area (Å²) in [5, 5.41) is 3.31. The number of aryl methyl sites for hydroxylation is 1. The number of anilines is 3. The monoisotopic (exact) mass is 276 g/mol. The van der Waals surface area contributed by atoms with E-state index in [-0.39, 0.29) is 0 Å². The SMILES string of the molecule is Cc1ccc(Nc2ccc(N)cc2)cc1Br. The first-order valence-corrected chi connectivity index (χ1v) is 5.83. The van der Waals surface area contributed by atoms with Crippen LogP contribution in [0.5, 0.6) is 0 Å². The Morgan fingerprint density at radius 3 is 2.25 bits per heavy atom. The largest absolute Gasteiger partial charge is 0.399 e. The number of hydrogen-bond donors (Lipinski definition) is 2. The Labute approximate surface area is 104 Å². The van der Waals surface area contributed by atoms with E-state index in [1.807, 2.05) is 24.3 Å². The molecule has 0 radical (unpaired) electrons. The van der Waals surface area contributed by atoms with E-state index in [4.69, 9.17) is 5.73 Å². The molecule has 0 atom stereocenters. The summed E-state index contributed by atoms with van der Waals surface area (Å²) in [6.45, 7) is 2.07. The summed E-state index contributed by atoms with van der Waals surface area (Å²) >= 11 is 3.51. The van der Waals surface area contributed by atoms with Gasteiger partial charge in [0.1, 0.15) is 0 Å². The topological polar surface area (TPSA) is 38.0 Å². The first-order chi connectivity index (χ1) is 7.65. The molecule has 2 rings (SSSR count). The minimum Gasteiger partial charge on any atom is -0.399 e. The molecule has 0 unspecified atom stereocenters. The minimum absolute atomic E-state index is 0.774. The van der Waals surface area contributed by atoms with Crippen molar-refractivity contribution in [2.75, 3.05) is 11.1 Å². The molecule has 0 saturated carbocycles. The van der Waals surface area contributed by atoms with Crippen LogP contribution in [0.15, 0.2) is 46.9 Å². The summed E-state index contributed by atoms with van der Waals surface area (Å²) in [4.78, 5) is 0. The van der Waals surface area contributed by atoms with Gasteiger partial charge in [0.2, 0.25) is 0 Å². The van der Waals surface area contributed by atoms with Crippen LogP contribution >= 0.6 is 15.9 Å². The Morgan fingerprint density at radius 1 is 1.00 bits per heavy atom. The van der Waals surface area contributed by atoms with Crippen molar-refractivity contribution < 1.29 is 0 Å². The van der Waals surface area contributed by atoms with Crippen molar-refractivity contribution in [2.24, 2.45) is 0 Å². The van der Waals surface area contributed by atoms with E-state index in [0.717, 1.165) is 21.5 Å². The van der Waals surface area contributed by atoms with Crippen LogP contribution in [-0.2, 0) is 0 Å². The molecule has 3 N–H and O–H groups in total. The molecule has 16 heavy (non-hydrogen) atoms. The fraction of sp³-hybridized carbons (Fsp3) is 0.0769. The van der Waals surface area contributed by atoms with Crippen LogP contribution in [-0.4, -0.2) is 0 Å². The molecular weight excluding hydrogens is 264 g/mol. The van der Waals surface area contributed by atoms with E-state index in [0.29, 0.717) is 0 Å². The van der Waals surface area contributed by atoms with Crippen LogP contribution < -0.4 is 11.1 Å². The number of nitrogens with two attached hydrogens (primary N) is 1. The van der Waals surface area contributed by atoms with Gasteiger partial charge >= 0.3 is 0 Å². The Kier molecular flexibility index (Phi) is 3.15. The third kappa shape index (κ3) is 2.55. The standard InChI is InChI=1S/C13H13BrN2/c1-9-2-5-12(8-13(9)14)16-11-6-3-10(15)4-7-11/h2-8,16H,15H2,1H3. The second-order valence-electron chi connectivity index (χ2n) is 3.71. The average molecular weight is 277 g/mol. The molecule has 0 amide bonds. The van der Waals surface area contributed by atoms with Crippen molar-refractivity contribution in [3.05, 3.63) is 52.5 Å². The summed E-state index contributed by atoms with van der Waals surface area (Å²) in [6.07, 6.45) is 0. The van der Waals surface area contributed by atoms with Crippen molar-refractivity contribution in [2.45, 2.75) is 6.92 Å². The predicted octanol–water partition coefficient (Wildman–Crippen LogP) is 4.08. The molecule has 0 aliphatic carbocycles. The van der Waals surface area contributed by atoms with E-state index in [1.165, 1.54) is 5.56 Å². The van der Waals surface area contributed by atoms with Gasteiger partial charge in [0.05, 0.1) is 0 Å². The van der Waals surface area contributed by atoms with Crippen LogP contribution in [0.3, 0.4) is 0 Å². The van der Waals surface area contributed by atoms with E-state index in [1.54, 1.807) is 0 Å². The van der Waals surface area contributed by atoms with Gasteiger partial charge in [-0.2, -0.15) is 0 Å². The van der Waals surface area contributed by atoms with Crippen LogP contribution in [0.1, 0.15) is 5.56 Å². The fourth-order valence-electron chi connectivity index (χ4n) is 1.40. The maximum atomic E-state index is 5.63. The molecule has 0 bridgehead atoms. The van der Waals surface area contributed by atoms with Gasteiger partial charge in [-0.1, -0.05) is 22.0 Å². The lowest BCUT2D eigenvalue weighted by molar-refractivity contribution is 1.42. The summed E-state index contributed by atoms with van der Waals surface area (Å²) < 4.78 is 1.10. The van der Waals surface area contributed by atoms with Crippen LogP contribution in [0, 0.1) is 6.92 Å². The zero-order chi connectivity index (χ0) is 11.5. The molecule has 0 aliphatic heterocycles. The van der Waals surface area contributed by atoms with Gasteiger partial charge in [0.15, 0.2) is 0 Å². The highest BCUT2D eigenvalue weighted by molar-refractivity contribution is 9.10. The van der Waals surface area contributed by atoms with E-state index >= 15 is 0 Å². The normalized spacial score (nSPS) is 10.1. The second kappa shape index (κ2) is 4.58. The van der Waals surface area contributed by atoms with Gasteiger partial charge in [0.25, 0.3) is 0 Å². The van der Waals surface area contributed by atoms with Crippen molar-refractivity contribution in [3.63, 3.8) is 0 Å². The fourth-order valence-corrected chi connectivity index (χ4v) is 1.78. The summed E-state index contributed by atoms with van der Waals surface area (Å²) in [6, 6.07) is 13.9. The highest BCUT2D eigenvalue weighted by Gasteiger charge is 1.98. The lowest BCUT2D eigenvalue weighted by Crippen LogP contribution is -1.91. The number of nitrogens with one attached hydrogen (secondary N) is 1. The molecule has 82 valence electrons. The third-order valence-electron chi connectivity index (χ3n) is 2.37. The maximum Gasteiger partial charge on any atom is 0.0395 e. The molecule has 2 aromatic rings. The minimum atomic E-state index is 0.774. The van der Waals surface area contributed by atoms with Gasteiger partial charge in [-0.3, -0.25) is 0 Å². The molecule has 2 aromatic carbocycles. The highest BCUT2D eigenvalue weighted by atomic mass is 79.9. The average Bonchev–Trinajstić information content (AvgIpc) is 2.27. The number of hydrogen-bond acceptors (Lipinski definition) is 2. The van der Waals surface area contributed by atoms with Gasteiger partial charge < -0.3 is 11.1 Å². The van der Waals surface area contributed by atoms with Crippen molar-refractivity contribution in [1.29, 1.82) is 0 Å². The van der Waals surface area contributed by atoms with Crippen molar-refractivity contribution in [1.82, 2.24) is 0 Å². The molecule has 0 saturated heterocycles. The Balaban J connectivity index is 2.20. The highest BCUT2D eigenvalue weighted by Crippen LogP contribution is 2.23. The Bertz CT molecular complexity index is 492. The maximum absolute atomic E-state index is 5.63. The third-order valence-corrected chi connectivity index (χ3v) is 3.23. The number of halogens is 1. The van der Waals surface area contributed by atoms with Gasteiger partial charge in [-0.05, 0) is 48.9 Å². The predicted molar refractivity (Wildman–Crippen MR) is 73.0 cm³/mol. The van der Waals surface area contributed by atoms with Gasteiger partial charge in [0, 0.05) is 21.5 Å². The molecule has 0 heterocycles. The van der Waals surface area contributed by atoms with Crippen molar-refractivity contribution in [3.8, 4) is 0 Å². The first kappa shape index (κ1) is 11.0. The van der Waals surface area contributed by atoms with Gasteiger partial charge in [-0.15, -0.1) is 0 Å². The number of benzene rings is 2. The molecule has 0 fully saturated rings. The van der Waals surface area contributed by atoms with E-state index in [9.17, 15) is 0 Å². The molecule has 3 heteroatoms. The van der Waals surface area contributed by atoms with Crippen LogP contribution in [0.4, 0.5) is 17.1 Å². The lowest BCUT2D eigenvalue weighted by atomic mass is 10.2. The number of nitrogen functional groups attached to an aromatic ring is 1. The summed E-state index contributed by atoms with van der Waals surface area (Å²) in [7, 11) is 0. The van der Waals surface area contributed by atoms with E-state index in [2.05, 4.69) is 46.4 Å². The molecule has 0 spiro atoms. The number of rotatable bonds is 2. The van der Waals surface area contributed by atoms with Crippen LogP contribution in [0.25, 0.3) is 0 Å². The first-order valence-electron chi connectivity index (χ1n) is 5.04. The zero-order valence-electron chi connectivity index (χ0n) is 9.00. The molecule has 0 aliphatic rings. The molecule has 0 aromatic heterocycles.